The first-order chi connectivity index (χ1) is 10.4. The molecule has 0 amide bonds. The zero-order chi connectivity index (χ0) is 15.9. The number of aryl methyl sites for hydroxylation is 1. The van der Waals surface area contributed by atoms with Gasteiger partial charge in [-0.15, -0.1) is 0 Å². The molecule has 0 atom stereocenters. The molecule has 1 aliphatic carbocycles. The summed E-state index contributed by atoms with van der Waals surface area (Å²) in [5, 5.41) is 1.35. The van der Waals surface area contributed by atoms with Crippen molar-refractivity contribution in [3.63, 3.8) is 0 Å². The Labute approximate surface area is 138 Å². The fraction of sp³-hybridized carbons (Fsp3) is 0.400. The molecule has 1 aromatic rings. The monoisotopic (exact) mass is 311 g/mol. The summed E-state index contributed by atoms with van der Waals surface area (Å²) in [7, 11) is 0. The molecule has 0 radical (unpaired) electrons. The minimum absolute atomic E-state index is 0.321. The molecule has 0 N–H and O–H groups in total. The van der Waals surface area contributed by atoms with E-state index in [4.69, 9.17) is 0 Å². The number of thioether (sulfide) groups is 1. The van der Waals surface area contributed by atoms with Crippen molar-refractivity contribution < 1.29 is 0 Å². The van der Waals surface area contributed by atoms with Crippen molar-refractivity contribution in [1.29, 1.82) is 0 Å². The van der Waals surface area contributed by atoms with Gasteiger partial charge in [0.2, 0.25) is 0 Å². The number of anilines is 1. The summed E-state index contributed by atoms with van der Waals surface area (Å²) in [6.07, 6.45) is 6.88. The van der Waals surface area contributed by atoms with Gasteiger partial charge in [-0.1, -0.05) is 49.9 Å². The first-order valence-electron chi connectivity index (χ1n) is 8.04. The van der Waals surface area contributed by atoms with Gasteiger partial charge in [-0.25, -0.2) is 0 Å². The van der Waals surface area contributed by atoms with Crippen LogP contribution < -0.4 is 4.90 Å². The molecule has 2 heteroatoms. The molecule has 0 fully saturated rings. The van der Waals surface area contributed by atoms with Crippen molar-refractivity contribution >= 4 is 17.4 Å². The summed E-state index contributed by atoms with van der Waals surface area (Å²) in [4.78, 5) is 3.80. The minimum Gasteiger partial charge on any atom is -0.335 e. The van der Waals surface area contributed by atoms with Crippen LogP contribution in [0, 0.1) is 12.3 Å². The number of allylic oxidation sites excluding steroid dienone is 4. The summed E-state index contributed by atoms with van der Waals surface area (Å²) < 4.78 is 0. The maximum atomic E-state index is 4.20. The highest BCUT2D eigenvalue weighted by atomic mass is 32.2. The fourth-order valence-corrected chi connectivity index (χ4v) is 4.79. The van der Waals surface area contributed by atoms with Crippen LogP contribution in [0.15, 0.2) is 58.0 Å². The normalized spacial score (nSPS) is 22.0. The third-order valence-electron chi connectivity index (χ3n) is 4.29. The second-order valence-corrected chi connectivity index (χ2v) is 8.26. The molecule has 0 spiro atoms. The van der Waals surface area contributed by atoms with E-state index in [2.05, 4.69) is 69.5 Å². The Bertz CT molecular complexity index is 679. The Hall–Kier alpha value is -1.41. The molecule has 0 saturated heterocycles. The van der Waals surface area contributed by atoms with Gasteiger partial charge in [0, 0.05) is 11.4 Å². The quantitative estimate of drug-likeness (QED) is 0.652. The predicted octanol–water partition coefficient (Wildman–Crippen LogP) is 6.07. The molecule has 1 aromatic carbocycles. The Balaban J connectivity index is 1.94. The third kappa shape index (κ3) is 3.03. The molecule has 0 aromatic heterocycles. The van der Waals surface area contributed by atoms with Crippen molar-refractivity contribution in [2.24, 2.45) is 5.41 Å². The number of fused-ring (bicyclic) bond motifs is 1. The van der Waals surface area contributed by atoms with Gasteiger partial charge < -0.3 is 4.90 Å². The van der Waals surface area contributed by atoms with E-state index in [0.29, 0.717) is 5.41 Å². The molecular weight excluding hydrogens is 286 g/mol. The third-order valence-corrected chi connectivity index (χ3v) is 5.38. The smallest absolute Gasteiger partial charge is 0.0804 e. The minimum atomic E-state index is 0.321. The topological polar surface area (TPSA) is 3.24 Å². The van der Waals surface area contributed by atoms with E-state index in [9.17, 15) is 0 Å². The molecule has 1 aliphatic heterocycles. The van der Waals surface area contributed by atoms with Crippen LogP contribution in [0.2, 0.25) is 0 Å². The van der Waals surface area contributed by atoms with Crippen LogP contribution in [0.1, 0.15) is 39.2 Å². The zero-order valence-corrected chi connectivity index (χ0v) is 14.9. The molecule has 1 heterocycles. The summed E-state index contributed by atoms with van der Waals surface area (Å²) in [5.74, 6) is 0. The van der Waals surface area contributed by atoms with Crippen LogP contribution in [-0.4, -0.2) is 6.54 Å². The van der Waals surface area contributed by atoms with E-state index in [0.717, 1.165) is 19.4 Å². The molecule has 0 saturated carbocycles. The van der Waals surface area contributed by atoms with Crippen molar-refractivity contribution in [2.45, 2.75) is 45.4 Å². The van der Waals surface area contributed by atoms with Gasteiger partial charge in [-0.05, 0) is 61.4 Å². The molecule has 22 heavy (non-hydrogen) atoms. The lowest BCUT2D eigenvalue weighted by Crippen LogP contribution is -2.19. The molecular formula is C20H25NS. The van der Waals surface area contributed by atoms with Crippen molar-refractivity contribution in [3.05, 3.63) is 58.7 Å². The SMILES string of the molecule is C=C1C=C(/C=C2/Sc3cc(C)ccc3N2CC)CC(C)(C)C1. The Morgan fingerprint density at radius 2 is 2.09 bits per heavy atom. The van der Waals surface area contributed by atoms with Crippen molar-refractivity contribution in [3.8, 4) is 0 Å². The van der Waals surface area contributed by atoms with E-state index < -0.39 is 0 Å². The number of nitrogens with zero attached hydrogens (tertiary/aromatic N) is 1. The first kappa shape index (κ1) is 15.5. The Morgan fingerprint density at radius 1 is 1.32 bits per heavy atom. The maximum Gasteiger partial charge on any atom is 0.0804 e. The largest absolute Gasteiger partial charge is 0.335 e. The average Bonchev–Trinajstić information content (AvgIpc) is 2.72. The lowest BCUT2D eigenvalue weighted by Gasteiger charge is -2.30. The van der Waals surface area contributed by atoms with Gasteiger partial charge in [0.25, 0.3) is 0 Å². The van der Waals surface area contributed by atoms with Crippen LogP contribution in [0.4, 0.5) is 5.69 Å². The number of hydrogen-bond acceptors (Lipinski definition) is 2. The second kappa shape index (κ2) is 5.66. The van der Waals surface area contributed by atoms with Crippen LogP contribution in [0.25, 0.3) is 0 Å². The van der Waals surface area contributed by atoms with Crippen LogP contribution >= 0.6 is 11.8 Å². The van der Waals surface area contributed by atoms with E-state index in [1.807, 2.05) is 11.8 Å². The van der Waals surface area contributed by atoms with E-state index >= 15 is 0 Å². The molecule has 2 aliphatic rings. The van der Waals surface area contributed by atoms with Crippen molar-refractivity contribution in [1.82, 2.24) is 0 Å². The standard InChI is InChI=1S/C20H25NS/c1-6-21-17-8-7-14(2)10-18(17)22-19(21)11-16-9-15(3)12-20(4,5)13-16/h7-11H,3,6,12-13H2,1-2,4-5H3/b19-11+. The van der Waals surface area contributed by atoms with E-state index in [1.54, 1.807) is 0 Å². The summed E-state index contributed by atoms with van der Waals surface area (Å²) >= 11 is 1.89. The van der Waals surface area contributed by atoms with Crippen molar-refractivity contribution in [2.75, 3.05) is 11.4 Å². The van der Waals surface area contributed by atoms with E-state index in [-0.39, 0.29) is 0 Å². The molecule has 0 unspecified atom stereocenters. The highest BCUT2D eigenvalue weighted by molar-refractivity contribution is 8.03. The lowest BCUT2D eigenvalue weighted by molar-refractivity contribution is 0.355. The molecule has 116 valence electrons. The first-order valence-corrected chi connectivity index (χ1v) is 8.86. The second-order valence-electron chi connectivity index (χ2n) is 7.20. The fourth-order valence-electron chi connectivity index (χ4n) is 3.49. The van der Waals surface area contributed by atoms with E-state index in [1.165, 1.54) is 32.3 Å². The van der Waals surface area contributed by atoms with Gasteiger partial charge in [-0.2, -0.15) is 0 Å². The number of rotatable bonds is 2. The predicted molar refractivity (Wildman–Crippen MR) is 98.4 cm³/mol. The molecule has 3 rings (SSSR count). The van der Waals surface area contributed by atoms with Crippen LogP contribution in [0.3, 0.4) is 0 Å². The number of benzene rings is 1. The zero-order valence-electron chi connectivity index (χ0n) is 14.1. The summed E-state index contributed by atoms with van der Waals surface area (Å²) in [6, 6.07) is 6.75. The Kier molecular flexibility index (Phi) is 3.98. The van der Waals surface area contributed by atoms with Crippen LogP contribution in [0.5, 0.6) is 0 Å². The van der Waals surface area contributed by atoms with Gasteiger partial charge >= 0.3 is 0 Å². The van der Waals surface area contributed by atoms with Gasteiger partial charge in [0.05, 0.1) is 10.7 Å². The summed E-state index contributed by atoms with van der Waals surface area (Å²) in [6.45, 7) is 14.3. The average molecular weight is 311 g/mol. The van der Waals surface area contributed by atoms with Gasteiger partial charge in [-0.3, -0.25) is 0 Å². The summed E-state index contributed by atoms with van der Waals surface area (Å²) in [5.41, 5.74) is 5.66. The number of hydrogen-bond donors (Lipinski definition) is 0. The molecule has 0 bridgehead atoms. The van der Waals surface area contributed by atoms with Crippen LogP contribution in [-0.2, 0) is 0 Å². The molecule has 1 nitrogen and oxygen atoms in total. The maximum absolute atomic E-state index is 4.20. The van der Waals surface area contributed by atoms with Gasteiger partial charge in [0.1, 0.15) is 0 Å². The lowest BCUT2D eigenvalue weighted by atomic mass is 9.75. The van der Waals surface area contributed by atoms with Gasteiger partial charge in [0.15, 0.2) is 0 Å². The highest BCUT2D eigenvalue weighted by Crippen LogP contribution is 2.47. The Morgan fingerprint density at radius 3 is 2.77 bits per heavy atom. The highest BCUT2D eigenvalue weighted by Gasteiger charge is 2.27.